The molecule has 0 saturated heterocycles. The van der Waals surface area contributed by atoms with Crippen LogP contribution in [0.5, 0.6) is 0 Å². The molecule has 0 aliphatic heterocycles. The molecule has 0 saturated carbocycles. The van der Waals surface area contributed by atoms with Crippen molar-refractivity contribution in [3.8, 4) is 0 Å². The van der Waals surface area contributed by atoms with Crippen molar-refractivity contribution in [1.29, 1.82) is 0 Å². The second-order valence-electron chi connectivity index (χ2n) is 4.79. The zero-order valence-electron chi connectivity index (χ0n) is 12.4. The van der Waals surface area contributed by atoms with E-state index in [4.69, 9.17) is 0 Å². The average Bonchev–Trinajstić information content (AvgIpc) is 2.53. The summed E-state index contributed by atoms with van der Waals surface area (Å²) < 4.78 is 0. The Balaban J connectivity index is 2.04. The number of nitrogens with one attached hydrogen (secondary N) is 1. The smallest absolute Gasteiger partial charge is 0.271 e. The van der Waals surface area contributed by atoms with E-state index in [0.29, 0.717) is 11.3 Å². The largest absolute Gasteiger partial charge is 0.378 e. The molecule has 5 heteroatoms. The molecule has 0 aliphatic carbocycles. The Kier molecular flexibility index (Phi) is 4.66. The van der Waals surface area contributed by atoms with Crippen molar-refractivity contribution in [2.24, 2.45) is 5.10 Å². The van der Waals surface area contributed by atoms with Gasteiger partial charge in [-0.05, 0) is 43.3 Å². The fourth-order valence-corrected chi connectivity index (χ4v) is 1.74. The first kappa shape index (κ1) is 14.7. The number of anilines is 1. The topological polar surface area (TPSA) is 57.6 Å². The Morgan fingerprint density at radius 1 is 1.14 bits per heavy atom. The SMILES string of the molecule is C/C(=N/NC(=O)c1ccc(N(C)C)cc1)c1ccccn1. The quantitative estimate of drug-likeness (QED) is 0.691. The van der Waals surface area contributed by atoms with Gasteiger partial charge in [0.2, 0.25) is 0 Å². The highest BCUT2D eigenvalue weighted by atomic mass is 16.2. The monoisotopic (exact) mass is 282 g/mol. The minimum atomic E-state index is -0.240. The van der Waals surface area contributed by atoms with Crippen LogP contribution in [-0.4, -0.2) is 30.7 Å². The first-order chi connectivity index (χ1) is 10.1. The van der Waals surface area contributed by atoms with Gasteiger partial charge in [0.25, 0.3) is 5.91 Å². The molecule has 108 valence electrons. The summed E-state index contributed by atoms with van der Waals surface area (Å²) in [5.41, 5.74) is 5.55. The van der Waals surface area contributed by atoms with Crippen molar-refractivity contribution in [2.75, 3.05) is 19.0 Å². The van der Waals surface area contributed by atoms with Gasteiger partial charge >= 0.3 is 0 Å². The molecule has 5 nitrogen and oxygen atoms in total. The molecule has 21 heavy (non-hydrogen) atoms. The van der Waals surface area contributed by atoms with Crippen molar-refractivity contribution in [3.05, 3.63) is 59.9 Å². The van der Waals surface area contributed by atoms with Crippen LogP contribution in [0.3, 0.4) is 0 Å². The van der Waals surface area contributed by atoms with E-state index in [1.165, 1.54) is 0 Å². The molecular weight excluding hydrogens is 264 g/mol. The maximum atomic E-state index is 12.0. The number of hydrogen-bond acceptors (Lipinski definition) is 4. The lowest BCUT2D eigenvalue weighted by atomic mass is 10.2. The summed E-state index contributed by atoms with van der Waals surface area (Å²) >= 11 is 0. The van der Waals surface area contributed by atoms with E-state index in [-0.39, 0.29) is 5.91 Å². The highest BCUT2D eigenvalue weighted by Crippen LogP contribution is 2.12. The summed E-state index contributed by atoms with van der Waals surface area (Å²) in [7, 11) is 3.91. The Hall–Kier alpha value is -2.69. The third-order valence-corrected chi connectivity index (χ3v) is 3.01. The van der Waals surface area contributed by atoms with Crippen molar-refractivity contribution in [3.63, 3.8) is 0 Å². The fraction of sp³-hybridized carbons (Fsp3) is 0.188. The van der Waals surface area contributed by atoms with Crippen LogP contribution in [0.4, 0.5) is 5.69 Å². The van der Waals surface area contributed by atoms with Crippen molar-refractivity contribution in [2.45, 2.75) is 6.92 Å². The molecule has 0 atom stereocenters. The van der Waals surface area contributed by atoms with E-state index in [0.717, 1.165) is 11.4 Å². The molecule has 0 unspecified atom stereocenters. The van der Waals surface area contributed by atoms with Crippen LogP contribution in [0.1, 0.15) is 23.0 Å². The molecule has 1 amide bonds. The number of aromatic nitrogens is 1. The lowest BCUT2D eigenvalue weighted by Gasteiger charge is -2.12. The summed E-state index contributed by atoms with van der Waals surface area (Å²) in [6.07, 6.45) is 1.69. The third-order valence-electron chi connectivity index (χ3n) is 3.01. The van der Waals surface area contributed by atoms with E-state index in [2.05, 4.69) is 15.5 Å². The molecule has 0 spiro atoms. The van der Waals surface area contributed by atoms with Crippen molar-refractivity contribution >= 4 is 17.3 Å². The molecular formula is C16H18N4O. The predicted molar refractivity (Wildman–Crippen MR) is 84.7 cm³/mol. The second kappa shape index (κ2) is 6.65. The normalized spacial score (nSPS) is 11.1. The minimum absolute atomic E-state index is 0.240. The van der Waals surface area contributed by atoms with E-state index in [1.807, 2.05) is 49.3 Å². The number of hydrazone groups is 1. The second-order valence-corrected chi connectivity index (χ2v) is 4.79. The molecule has 2 aromatic rings. The summed E-state index contributed by atoms with van der Waals surface area (Å²) in [5, 5.41) is 4.07. The van der Waals surface area contributed by atoms with Crippen LogP contribution >= 0.6 is 0 Å². The van der Waals surface area contributed by atoms with Gasteiger partial charge in [0.15, 0.2) is 0 Å². The van der Waals surface area contributed by atoms with Gasteiger partial charge < -0.3 is 4.90 Å². The summed E-state index contributed by atoms with van der Waals surface area (Å²) in [6.45, 7) is 1.80. The molecule has 1 N–H and O–H groups in total. The maximum Gasteiger partial charge on any atom is 0.271 e. The molecule has 0 aliphatic rings. The van der Waals surface area contributed by atoms with Crippen LogP contribution in [0.25, 0.3) is 0 Å². The van der Waals surface area contributed by atoms with Crippen LogP contribution in [0.2, 0.25) is 0 Å². The van der Waals surface area contributed by atoms with Crippen LogP contribution in [0, 0.1) is 0 Å². The lowest BCUT2D eigenvalue weighted by molar-refractivity contribution is 0.0955. The van der Waals surface area contributed by atoms with Gasteiger partial charge in [0.1, 0.15) is 0 Å². The molecule has 1 aromatic carbocycles. The third kappa shape index (κ3) is 3.89. The average molecular weight is 282 g/mol. The number of carbonyl (C=O) groups excluding carboxylic acids is 1. The van der Waals surface area contributed by atoms with Gasteiger partial charge in [-0.15, -0.1) is 0 Å². The number of amides is 1. The highest BCUT2D eigenvalue weighted by Gasteiger charge is 2.05. The van der Waals surface area contributed by atoms with Gasteiger partial charge in [-0.2, -0.15) is 5.10 Å². The molecule has 0 radical (unpaired) electrons. The van der Waals surface area contributed by atoms with E-state index in [1.54, 1.807) is 25.3 Å². The molecule has 1 heterocycles. The first-order valence-electron chi connectivity index (χ1n) is 6.61. The number of pyridine rings is 1. The lowest BCUT2D eigenvalue weighted by Crippen LogP contribution is -2.19. The zero-order chi connectivity index (χ0) is 15.2. The number of carbonyl (C=O) groups is 1. The maximum absolute atomic E-state index is 12.0. The number of nitrogens with zero attached hydrogens (tertiary/aromatic N) is 3. The minimum Gasteiger partial charge on any atom is -0.378 e. The highest BCUT2D eigenvalue weighted by molar-refractivity contribution is 5.99. The molecule has 0 bridgehead atoms. The van der Waals surface area contributed by atoms with Gasteiger partial charge in [-0.3, -0.25) is 9.78 Å². The van der Waals surface area contributed by atoms with Crippen molar-refractivity contribution < 1.29 is 4.79 Å². The van der Waals surface area contributed by atoms with E-state index >= 15 is 0 Å². The number of benzene rings is 1. The van der Waals surface area contributed by atoms with Gasteiger partial charge in [0.05, 0.1) is 11.4 Å². The van der Waals surface area contributed by atoms with E-state index in [9.17, 15) is 4.79 Å². The Morgan fingerprint density at radius 3 is 2.43 bits per heavy atom. The number of hydrogen-bond donors (Lipinski definition) is 1. The standard InChI is InChI=1S/C16H18N4O/c1-12(15-6-4-5-11-17-15)18-19-16(21)13-7-9-14(10-8-13)20(2)3/h4-11H,1-3H3,(H,19,21)/b18-12-. The zero-order valence-corrected chi connectivity index (χ0v) is 12.4. The summed E-state index contributed by atoms with van der Waals surface area (Å²) in [5.74, 6) is -0.240. The van der Waals surface area contributed by atoms with Crippen LogP contribution < -0.4 is 10.3 Å². The molecule has 0 fully saturated rings. The van der Waals surface area contributed by atoms with Gasteiger partial charge in [-0.25, -0.2) is 5.43 Å². The van der Waals surface area contributed by atoms with Gasteiger partial charge in [-0.1, -0.05) is 6.07 Å². The summed E-state index contributed by atoms with van der Waals surface area (Å²) in [4.78, 5) is 18.2. The number of rotatable bonds is 4. The van der Waals surface area contributed by atoms with Crippen molar-refractivity contribution in [1.82, 2.24) is 10.4 Å². The Bertz CT molecular complexity index is 633. The molecule has 1 aromatic heterocycles. The predicted octanol–water partition coefficient (Wildman–Crippen LogP) is 2.30. The summed E-state index contributed by atoms with van der Waals surface area (Å²) in [6, 6.07) is 12.9. The van der Waals surface area contributed by atoms with E-state index < -0.39 is 0 Å². The van der Waals surface area contributed by atoms with Crippen LogP contribution in [0.15, 0.2) is 53.8 Å². The Labute approximate surface area is 124 Å². The first-order valence-corrected chi connectivity index (χ1v) is 6.61. The Morgan fingerprint density at radius 2 is 1.86 bits per heavy atom. The van der Waals surface area contributed by atoms with Gasteiger partial charge in [0, 0.05) is 31.5 Å². The van der Waals surface area contributed by atoms with Crippen LogP contribution in [-0.2, 0) is 0 Å². The fourth-order valence-electron chi connectivity index (χ4n) is 1.74. The molecule has 2 rings (SSSR count).